The van der Waals surface area contributed by atoms with Crippen LogP contribution in [0, 0.1) is 64.6 Å². The minimum Gasteiger partial charge on any atom is -0.411 e. The number of nitrogens with zero attached hydrogens (tertiary/aromatic N) is 3. The fraction of sp³-hybridized carbons (Fsp3) is 0.872. The van der Waals surface area contributed by atoms with Crippen molar-refractivity contribution in [2.24, 2.45) is 74.5 Å². The molecule has 0 radical (unpaired) electrons. The van der Waals surface area contributed by atoms with Crippen LogP contribution in [0.5, 0.6) is 0 Å². The van der Waals surface area contributed by atoms with E-state index >= 15 is 0 Å². The summed E-state index contributed by atoms with van der Waals surface area (Å²) in [6.45, 7) is 44.4. The second kappa shape index (κ2) is 32.9. The van der Waals surface area contributed by atoms with Gasteiger partial charge in [-0.1, -0.05) is 156 Å². The summed E-state index contributed by atoms with van der Waals surface area (Å²) in [7, 11) is 1.59. The van der Waals surface area contributed by atoms with E-state index in [9.17, 15) is 4.79 Å². The van der Waals surface area contributed by atoms with Crippen LogP contribution in [0.15, 0.2) is 15.3 Å². The SMILES string of the molecule is C.CC(C)C(=N)C(C)C.CC(C)C(=NO)C(C)C.CC(C)C(=O)C(C)C.CCN=C(C(C)C)C(C)C.CON=C(C(C)C)C(C)C. The number of ketones is 1. The fourth-order valence-corrected chi connectivity index (χ4v) is 4.43. The zero-order chi connectivity index (χ0) is 37.2. The molecule has 0 saturated carbocycles. The molecule has 0 fully saturated rings. The summed E-state index contributed by atoms with van der Waals surface area (Å²) in [6, 6.07) is 0. The van der Waals surface area contributed by atoms with Gasteiger partial charge in [0.25, 0.3) is 0 Å². The highest BCUT2D eigenvalue weighted by atomic mass is 16.6. The van der Waals surface area contributed by atoms with Gasteiger partial charge in [-0.15, -0.1) is 0 Å². The summed E-state index contributed by atoms with van der Waals surface area (Å²) in [4.78, 5) is 20.0. The van der Waals surface area contributed by atoms with Gasteiger partial charge >= 0.3 is 0 Å². The number of nitrogens with one attached hydrogen (secondary N) is 1. The Kier molecular flexibility index (Phi) is 40.2. The third kappa shape index (κ3) is 33.3. The number of oxime groups is 2. The van der Waals surface area contributed by atoms with Crippen LogP contribution in [0.1, 0.15) is 153 Å². The van der Waals surface area contributed by atoms with E-state index in [2.05, 4.69) is 105 Å². The number of rotatable bonds is 12. The molecule has 0 unspecified atom stereocenters. The van der Waals surface area contributed by atoms with Gasteiger partial charge in [0.15, 0.2) is 0 Å². The van der Waals surface area contributed by atoms with Crippen molar-refractivity contribution in [1.82, 2.24) is 0 Å². The maximum absolute atomic E-state index is 10.8. The van der Waals surface area contributed by atoms with Crippen LogP contribution < -0.4 is 0 Å². The minimum absolute atomic E-state index is 0. The van der Waals surface area contributed by atoms with Crippen LogP contribution in [-0.4, -0.2) is 47.5 Å². The lowest BCUT2D eigenvalue weighted by molar-refractivity contribution is -0.124. The van der Waals surface area contributed by atoms with Crippen LogP contribution in [0.2, 0.25) is 0 Å². The molecule has 0 atom stereocenters. The number of carbonyl (C=O) groups excluding carboxylic acids is 1. The first-order valence-corrected chi connectivity index (χ1v) is 17.4. The minimum atomic E-state index is 0. The van der Waals surface area contributed by atoms with Crippen LogP contribution in [-0.2, 0) is 9.63 Å². The molecule has 0 amide bonds. The van der Waals surface area contributed by atoms with E-state index in [1.807, 2.05) is 55.4 Å². The van der Waals surface area contributed by atoms with Crippen molar-refractivity contribution >= 4 is 28.6 Å². The van der Waals surface area contributed by atoms with E-state index in [0.717, 1.165) is 23.7 Å². The molecule has 2 N–H and O–H groups in total. The molecule has 0 aliphatic heterocycles. The largest absolute Gasteiger partial charge is 0.411 e. The molecule has 0 heterocycles. The van der Waals surface area contributed by atoms with Gasteiger partial charge < -0.3 is 15.5 Å². The number of aliphatic imine (C=N–C) groups is 1. The van der Waals surface area contributed by atoms with Crippen molar-refractivity contribution in [2.45, 2.75) is 153 Å². The summed E-state index contributed by atoms with van der Waals surface area (Å²) >= 11 is 0. The van der Waals surface area contributed by atoms with Crippen molar-refractivity contribution < 1.29 is 14.8 Å². The molecule has 0 spiro atoms. The van der Waals surface area contributed by atoms with Crippen LogP contribution in [0.3, 0.4) is 0 Å². The molecular weight excluding hydrogens is 572 g/mol. The molecule has 0 saturated heterocycles. The number of hydrogen-bond acceptors (Lipinski definition) is 7. The molecule has 7 heteroatoms. The molecule has 0 rings (SSSR count). The normalized spacial score (nSPS) is 10.3. The van der Waals surface area contributed by atoms with Gasteiger partial charge in [-0.25, -0.2) is 0 Å². The molecule has 0 aromatic heterocycles. The zero-order valence-electron chi connectivity index (χ0n) is 34.1. The second-order valence-electron chi connectivity index (χ2n) is 14.5. The van der Waals surface area contributed by atoms with Gasteiger partial charge in [0.05, 0.1) is 11.4 Å². The summed E-state index contributed by atoms with van der Waals surface area (Å²) in [5.41, 5.74) is 4.20. The molecule has 278 valence electrons. The summed E-state index contributed by atoms with van der Waals surface area (Å²) < 4.78 is 0. The van der Waals surface area contributed by atoms with E-state index in [1.165, 1.54) is 5.71 Å². The van der Waals surface area contributed by atoms with Gasteiger partial charge in [-0.05, 0) is 54.3 Å². The molecule has 7 nitrogen and oxygen atoms in total. The maximum atomic E-state index is 10.8. The standard InChI is InChI=1S/C9H19N.C8H17NO.C7H15NO.C7H15N.C7H14O.CH4/c1-6-10-9(7(2)3)8(4)5;1-6(2)8(7(3)4)9-10-5;1-5(2)7(8-9)6(3)4;2*1-5(2)7(8)6(3)4;/h7-8H,6H2,1-5H3;6-7H,1-5H3;5-6,9H,1-4H3;5-6,8H,1-4H3;5-6H,1-4H3;1H4. The molecule has 0 aliphatic rings. The molecule has 0 bridgehead atoms. The highest BCUT2D eigenvalue weighted by molar-refractivity contribution is 5.88. The Labute approximate surface area is 289 Å². The van der Waals surface area contributed by atoms with E-state index < -0.39 is 0 Å². The number of Topliss-reactive ketones (excluding diaryl/α,β-unsaturated/α-hetero) is 1. The predicted molar refractivity (Wildman–Crippen MR) is 209 cm³/mol. The lowest BCUT2D eigenvalue weighted by Gasteiger charge is -2.12. The van der Waals surface area contributed by atoms with E-state index in [1.54, 1.807) is 7.11 Å². The monoisotopic (exact) mass is 657 g/mol. The lowest BCUT2D eigenvalue weighted by atomic mass is 9.97. The molecule has 46 heavy (non-hydrogen) atoms. The summed E-state index contributed by atoms with van der Waals surface area (Å²) in [6.07, 6.45) is 0. The highest BCUT2D eigenvalue weighted by Gasteiger charge is 2.11. The predicted octanol–water partition coefficient (Wildman–Crippen LogP) is 12.0. The Bertz CT molecular complexity index is 713. The Morgan fingerprint density at radius 1 is 0.543 bits per heavy atom. The van der Waals surface area contributed by atoms with Gasteiger partial charge in [0.2, 0.25) is 0 Å². The van der Waals surface area contributed by atoms with Crippen LogP contribution in [0.25, 0.3) is 0 Å². The average Bonchev–Trinajstić information content (AvgIpc) is 2.89. The number of hydrogen-bond donors (Lipinski definition) is 2. The molecule has 0 aromatic rings. The third-order valence-electron chi connectivity index (χ3n) is 6.58. The van der Waals surface area contributed by atoms with Crippen molar-refractivity contribution in [3.05, 3.63) is 0 Å². The summed E-state index contributed by atoms with van der Waals surface area (Å²) in [5, 5.41) is 23.0. The van der Waals surface area contributed by atoms with E-state index in [-0.39, 0.29) is 19.3 Å². The third-order valence-corrected chi connectivity index (χ3v) is 6.58. The van der Waals surface area contributed by atoms with Gasteiger partial charge in [0.1, 0.15) is 12.9 Å². The first-order chi connectivity index (χ1) is 20.4. The van der Waals surface area contributed by atoms with Gasteiger partial charge in [0, 0.05) is 29.8 Å². The van der Waals surface area contributed by atoms with Crippen molar-refractivity contribution in [2.75, 3.05) is 13.7 Å². The van der Waals surface area contributed by atoms with Gasteiger partial charge in [-0.3, -0.25) is 9.79 Å². The Morgan fingerprint density at radius 2 is 0.826 bits per heavy atom. The second-order valence-corrected chi connectivity index (χ2v) is 14.5. The smallest absolute Gasteiger partial charge is 0.137 e. The highest BCUT2D eigenvalue weighted by Crippen LogP contribution is 2.09. The van der Waals surface area contributed by atoms with Crippen LogP contribution >= 0.6 is 0 Å². The fourth-order valence-electron chi connectivity index (χ4n) is 4.43. The Hall–Kier alpha value is -2.05. The van der Waals surface area contributed by atoms with E-state index in [0.29, 0.717) is 53.1 Å². The average molecular weight is 657 g/mol. The molecular formula is C39H84N4O3. The van der Waals surface area contributed by atoms with E-state index in [4.69, 9.17) is 15.5 Å². The Balaban J connectivity index is -0.000000108. The van der Waals surface area contributed by atoms with Crippen molar-refractivity contribution in [1.29, 1.82) is 5.41 Å². The summed E-state index contributed by atoms with van der Waals surface area (Å²) in [5.74, 6) is 4.52. The number of carbonyl (C=O) groups is 1. The first-order valence-electron chi connectivity index (χ1n) is 17.4. The lowest BCUT2D eigenvalue weighted by Crippen LogP contribution is -2.15. The topological polar surface area (TPSA) is 107 Å². The molecule has 0 aliphatic carbocycles. The Morgan fingerprint density at radius 3 is 0.870 bits per heavy atom. The first kappa shape index (κ1) is 56.3. The molecule has 0 aromatic carbocycles. The van der Waals surface area contributed by atoms with Crippen molar-refractivity contribution in [3.63, 3.8) is 0 Å². The van der Waals surface area contributed by atoms with Gasteiger partial charge in [-0.2, -0.15) is 0 Å². The van der Waals surface area contributed by atoms with Crippen molar-refractivity contribution in [3.8, 4) is 0 Å². The quantitative estimate of drug-likeness (QED) is 0.124. The zero-order valence-corrected chi connectivity index (χ0v) is 34.1. The van der Waals surface area contributed by atoms with Crippen LogP contribution in [0.4, 0.5) is 0 Å². The maximum Gasteiger partial charge on any atom is 0.137 e.